The van der Waals surface area contributed by atoms with Crippen LogP contribution >= 0.6 is 0 Å². The average molecular weight is 236 g/mol. The Morgan fingerprint density at radius 1 is 1.12 bits per heavy atom. The summed E-state index contributed by atoms with van der Waals surface area (Å²) in [5.41, 5.74) is 5.08. The number of hydrogen-bond donors (Lipinski definition) is 3. The number of nitriles is 1. The molecular weight excluding hydrogens is 224 g/mol. The molecular formula is C11H12N2O4. The van der Waals surface area contributed by atoms with Crippen molar-refractivity contribution in [3.05, 3.63) is 35.4 Å². The van der Waals surface area contributed by atoms with Gasteiger partial charge in [-0.2, -0.15) is 5.26 Å². The lowest BCUT2D eigenvalue weighted by Crippen LogP contribution is -1.99. The van der Waals surface area contributed by atoms with E-state index in [1.54, 1.807) is 0 Å². The summed E-state index contributed by atoms with van der Waals surface area (Å²) in [6.45, 7) is 0.483. The van der Waals surface area contributed by atoms with Crippen molar-refractivity contribution in [2.45, 2.75) is 6.42 Å². The van der Waals surface area contributed by atoms with Gasteiger partial charge in [-0.15, -0.1) is 0 Å². The van der Waals surface area contributed by atoms with Gasteiger partial charge in [-0.05, 0) is 24.3 Å². The topological polar surface area (TPSA) is 124 Å². The van der Waals surface area contributed by atoms with Crippen LogP contribution in [0.3, 0.4) is 0 Å². The molecule has 0 saturated heterocycles. The van der Waals surface area contributed by atoms with Crippen molar-refractivity contribution in [1.82, 2.24) is 0 Å². The van der Waals surface area contributed by atoms with E-state index in [9.17, 15) is 9.59 Å². The molecule has 0 fully saturated rings. The normalized spacial score (nSPS) is 8.47. The van der Waals surface area contributed by atoms with Crippen LogP contribution in [0.2, 0.25) is 0 Å². The molecule has 0 heterocycles. The Balaban J connectivity index is 0.000000437. The van der Waals surface area contributed by atoms with Crippen LogP contribution in [-0.4, -0.2) is 28.7 Å². The number of benzene rings is 1. The molecule has 90 valence electrons. The first-order valence-corrected chi connectivity index (χ1v) is 4.66. The largest absolute Gasteiger partial charge is 0.478 e. The predicted octanol–water partition coefficient (Wildman–Crippen LogP) is 0.942. The van der Waals surface area contributed by atoms with Crippen LogP contribution in [-0.2, 0) is 0 Å². The van der Waals surface area contributed by atoms with Crippen molar-refractivity contribution >= 4 is 11.9 Å². The number of nitrogens with two attached hydrogens (primary N) is 1. The Bertz CT molecular complexity index is 387. The maximum absolute atomic E-state index is 10.3. The second-order valence-electron chi connectivity index (χ2n) is 2.88. The molecule has 1 rings (SSSR count). The molecule has 0 bridgehead atoms. The highest BCUT2D eigenvalue weighted by molar-refractivity contribution is 5.91. The second kappa shape index (κ2) is 7.84. The summed E-state index contributed by atoms with van der Waals surface area (Å²) in [6.07, 6.45) is 0.472. The predicted molar refractivity (Wildman–Crippen MR) is 59.6 cm³/mol. The van der Waals surface area contributed by atoms with Gasteiger partial charge in [0.25, 0.3) is 0 Å². The lowest BCUT2D eigenvalue weighted by Gasteiger charge is -1.94. The van der Waals surface area contributed by atoms with Crippen molar-refractivity contribution in [2.75, 3.05) is 6.54 Å². The van der Waals surface area contributed by atoms with Gasteiger partial charge in [-0.3, -0.25) is 0 Å². The van der Waals surface area contributed by atoms with Crippen LogP contribution in [0.4, 0.5) is 0 Å². The fourth-order valence-corrected chi connectivity index (χ4v) is 0.820. The summed E-state index contributed by atoms with van der Waals surface area (Å²) in [7, 11) is 0. The molecule has 0 aromatic heterocycles. The molecule has 0 saturated carbocycles. The molecule has 6 nitrogen and oxygen atoms in total. The molecule has 0 aliphatic heterocycles. The first-order chi connectivity index (χ1) is 8.02. The number of aromatic carboxylic acids is 2. The Labute approximate surface area is 97.9 Å². The zero-order valence-electron chi connectivity index (χ0n) is 8.96. The van der Waals surface area contributed by atoms with Crippen LogP contribution in [0.15, 0.2) is 24.3 Å². The zero-order chi connectivity index (χ0) is 13.3. The Kier molecular flexibility index (Phi) is 6.74. The van der Waals surface area contributed by atoms with E-state index in [1.807, 2.05) is 6.07 Å². The van der Waals surface area contributed by atoms with Gasteiger partial charge >= 0.3 is 11.9 Å². The summed E-state index contributed by atoms with van der Waals surface area (Å²) < 4.78 is 0. The van der Waals surface area contributed by atoms with E-state index in [-0.39, 0.29) is 11.1 Å². The maximum atomic E-state index is 10.3. The third-order valence-corrected chi connectivity index (χ3v) is 1.63. The number of nitrogens with zero attached hydrogens (tertiary/aromatic N) is 1. The molecule has 0 radical (unpaired) electrons. The monoisotopic (exact) mass is 236 g/mol. The Morgan fingerprint density at radius 2 is 1.47 bits per heavy atom. The standard InChI is InChI=1S/C8H6O4.C3H6N2/c9-7(10)5-1-2-6(4-3-5)8(11)12;4-2-1-3-5/h1-4H,(H,9,10)(H,11,12);1-2,4H2. The quantitative estimate of drug-likeness (QED) is 0.717. The highest BCUT2D eigenvalue weighted by atomic mass is 16.4. The summed E-state index contributed by atoms with van der Waals surface area (Å²) >= 11 is 0. The van der Waals surface area contributed by atoms with Crippen LogP contribution in [0.1, 0.15) is 27.1 Å². The maximum Gasteiger partial charge on any atom is 0.335 e. The minimum absolute atomic E-state index is 0.0833. The number of hydrogen-bond acceptors (Lipinski definition) is 4. The van der Waals surface area contributed by atoms with Crippen molar-refractivity contribution < 1.29 is 19.8 Å². The third kappa shape index (κ3) is 5.92. The van der Waals surface area contributed by atoms with E-state index in [4.69, 9.17) is 21.2 Å². The molecule has 1 aromatic rings. The van der Waals surface area contributed by atoms with Crippen molar-refractivity contribution in [3.8, 4) is 6.07 Å². The van der Waals surface area contributed by atoms with E-state index in [1.165, 1.54) is 24.3 Å². The van der Waals surface area contributed by atoms with Crippen LogP contribution in [0.5, 0.6) is 0 Å². The van der Waals surface area contributed by atoms with Crippen LogP contribution < -0.4 is 5.73 Å². The van der Waals surface area contributed by atoms with Crippen molar-refractivity contribution in [3.63, 3.8) is 0 Å². The average Bonchev–Trinajstić information content (AvgIpc) is 2.31. The van der Waals surface area contributed by atoms with Crippen LogP contribution in [0.25, 0.3) is 0 Å². The number of rotatable bonds is 3. The lowest BCUT2D eigenvalue weighted by molar-refractivity contribution is 0.0681. The molecule has 0 aliphatic rings. The highest BCUT2D eigenvalue weighted by Crippen LogP contribution is 2.03. The summed E-state index contributed by atoms with van der Waals surface area (Å²) in [5, 5.41) is 24.7. The summed E-state index contributed by atoms with van der Waals surface area (Å²) in [5.74, 6) is -2.13. The van der Waals surface area contributed by atoms with Crippen LogP contribution in [0, 0.1) is 11.3 Å². The molecule has 0 amide bonds. The molecule has 0 unspecified atom stereocenters. The Morgan fingerprint density at radius 3 is 1.59 bits per heavy atom. The van der Waals surface area contributed by atoms with Crippen molar-refractivity contribution in [1.29, 1.82) is 5.26 Å². The van der Waals surface area contributed by atoms with Gasteiger partial charge in [-0.1, -0.05) is 0 Å². The number of carbonyl (C=O) groups is 2. The third-order valence-electron chi connectivity index (χ3n) is 1.63. The minimum atomic E-state index is -1.06. The number of carboxylic acids is 2. The lowest BCUT2D eigenvalue weighted by atomic mass is 10.1. The molecule has 6 heteroatoms. The molecule has 1 aromatic carbocycles. The van der Waals surface area contributed by atoms with Gasteiger partial charge < -0.3 is 15.9 Å². The minimum Gasteiger partial charge on any atom is -0.478 e. The zero-order valence-corrected chi connectivity index (χ0v) is 8.96. The summed E-state index contributed by atoms with van der Waals surface area (Å²) in [6, 6.07) is 6.92. The summed E-state index contributed by atoms with van der Waals surface area (Å²) in [4.78, 5) is 20.7. The SMILES string of the molecule is N#CCCN.O=C(O)c1ccc(C(=O)O)cc1. The van der Waals surface area contributed by atoms with E-state index in [0.29, 0.717) is 13.0 Å². The Hall–Kier alpha value is -2.39. The fourth-order valence-electron chi connectivity index (χ4n) is 0.820. The van der Waals surface area contributed by atoms with Gasteiger partial charge in [0.05, 0.1) is 17.2 Å². The molecule has 17 heavy (non-hydrogen) atoms. The van der Waals surface area contributed by atoms with E-state index in [0.717, 1.165) is 0 Å². The molecule has 0 aliphatic carbocycles. The smallest absolute Gasteiger partial charge is 0.335 e. The molecule has 4 N–H and O–H groups in total. The number of carboxylic acid groups (broad SMARTS) is 2. The van der Waals surface area contributed by atoms with Gasteiger partial charge in [-0.25, -0.2) is 9.59 Å². The molecule has 0 spiro atoms. The van der Waals surface area contributed by atoms with Gasteiger partial charge in [0, 0.05) is 13.0 Å². The first-order valence-electron chi connectivity index (χ1n) is 4.66. The van der Waals surface area contributed by atoms with Gasteiger partial charge in [0.1, 0.15) is 0 Å². The first kappa shape index (κ1) is 14.6. The van der Waals surface area contributed by atoms with E-state index in [2.05, 4.69) is 0 Å². The van der Waals surface area contributed by atoms with E-state index < -0.39 is 11.9 Å². The van der Waals surface area contributed by atoms with Crippen molar-refractivity contribution in [2.24, 2.45) is 5.73 Å². The van der Waals surface area contributed by atoms with Gasteiger partial charge in [0.2, 0.25) is 0 Å². The molecule has 0 atom stereocenters. The van der Waals surface area contributed by atoms with E-state index >= 15 is 0 Å². The highest BCUT2D eigenvalue weighted by Gasteiger charge is 2.04. The van der Waals surface area contributed by atoms with Gasteiger partial charge in [0.15, 0.2) is 0 Å². The second-order valence-corrected chi connectivity index (χ2v) is 2.88. The fraction of sp³-hybridized carbons (Fsp3) is 0.182.